The zero-order valence-electron chi connectivity index (χ0n) is 8.25. The van der Waals surface area contributed by atoms with Gasteiger partial charge in [-0.1, -0.05) is 47.7 Å². The number of hydrogen-bond acceptors (Lipinski definition) is 4. The van der Waals surface area contributed by atoms with Gasteiger partial charge in [-0.05, 0) is 12.8 Å². The van der Waals surface area contributed by atoms with Crippen LogP contribution in [0.2, 0.25) is 0 Å². The molecule has 4 nitrogen and oxygen atoms in total. The number of halogens is 2. The molecule has 15 heavy (non-hydrogen) atoms. The average Bonchev–Trinajstić information content (AvgIpc) is 2.17. The molecule has 0 saturated heterocycles. The Balaban J connectivity index is 1.87. The summed E-state index contributed by atoms with van der Waals surface area (Å²) in [6, 6.07) is 0. The fourth-order valence-corrected chi connectivity index (χ4v) is 2.14. The molecule has 0 radical (unpaired) electrons. The van der Waals surface area contributed by atoms with E-state index in [1.165, 1.54) is 30.6 Å². The Bertz CT molecular complexity index is 287. The van der Waals surface area contributed by atoms with Crippen molar-refractivity contribution in [1.29, 1.82) is 0 Å². The van der Waals surface area contributed by atoms with Gasteiger partial charge in [0.2, 0.25) is 0 Å². The molecule has 2 rings (SSSR count). The smallest absolute Gasteiger partial charge is 0.156 e. The van der Waals surface area contributed by atoms with Crippen molar-refractivity contribution in [1.82, 2.24) is 10.7 Å². The average molecular weight is 250 g/mol. The molecule has 0 unspecified atom stereocenters. The summed E-state index contributed by atoms with van der Waals surface area (Å²) in [5.74, 6) is 0. The highest BCUT2D eigenvalue weighted by Crippen LogP contribution is 2.22. The summed E-state index contributed by atoms with van der Waals surface area (Å²) in [5.41, 5.74) is 2.76. The Morgan fingerprint density at radius 3 is 2.73 bits per heavy atom. The molecule has 0 atom stereocenters. The van der Waals surface area contributed by atoms with Crippen LogP contribution >= 0.6 is 23.2 Å². The summed E-state index contributed by atoms with van der Waals surface area (Å²) in [4.78, 5) is 5.60. The molecule has 6 heteroatoms. The highest BCUT2D eigenvalue weighted by molar-refractivity contribution is 6.69. The number of allylic oxidation sites excluding steroid dienone is 1. The second kappa shape index (κ2) is 5.05. The normalized spacial score (nSPS) is 23.2. The SMILES string of the molecule is ClC1=CC(Cl)=NN(OC2CCCCC2)N1. The lowest BCUT2D eigenvalue weighted by Gasteiger charge is -2.28. The first-order chi connectivity index (χ1) is 7.24. The van der Waals surface area contributed by atoms with Crippen LogP contribution in [0.25, 0.3) is 0 Å². The van der Waals surface area contributed by atoms with E-state index in [1.54, 1.807) is 0 Å². The molecule has 0 aromatic heterocycles. The Morgan fingerprint density at radius 2 is 2.07 bits per heavy atom. The fraction of sp³-hybridized carbons (Fsp3) is 0.667. The van der Waals surface area contributed by atoms with E-state index in [4.69, 9.17) is 28.0 Å². The van der Waals surface area contributed by atoms with E-state index in [2.05, 4.69) is 10.5 Å². The maximum atomic E-state index is 5.79. The standard InChI is InChI=1S/C9H13Cl2N3O/c10-8-6-9(11)13-14(12-8)15-7-4-2-1-3-5-7/h6-7,12H,1-5H2. The third-order valence-electron chi connectivity index (χ3n) is 2.44. The first-order valence-corrected chi connectivity index (χ1v) is 5.84. The zero-order chi connectivity index (χ0) is 10.7. The first kappa shape index (κ1) is 11.0. The largest absolute Gasteiger partial charge is 0.246 e. The minimum atomic E-state index is 0.210. The summed E-state index contributed by atoms with van der Waals surface area (Å²) in [5, 5.41) is 5.92. The van der Waals surface area contributed by atoms with Gasteiger partial charge in [-0.15, -0.1) is 5.10 Å². The number of nitrogens with one attached hydrogen (secondary N) is 1. The number of hydrazine groups is 1. The van der Waals surface area contributed by atoms with Crippen LogP contribution in [0.3, 0.4) is 0 Å². The van der Waals surface area contributed by atoms with Crippen LogP contribution in [0.5, 0.6) is 0 Å². The van der Waals surface area contributed by atoms with Gasteiger partial charge in [0.1, 0.15) is 5.16 Å². The van der Waals surface area contributed by atoms with E-state index in [-0.39, 0.29) is 6.10 Å². The third kappa shape index (κ3) is 3.26. The van der Waals surface area contributed by atoms with Crippen molar-refractivity contribution in [2.24, 2.45) is 5.10 Å². The summed E-state index contributed by atoms with van der Waals surface area (Å²) in [6.45, 7) is 0. The Morgan fingerprint density at radius 1 is 1.33 bits per heavy atom. The Labute approximate surface area is 98.8 Å². The van der Waals surface area contributed by atoms with Gasteiger partial charge in [0.05, 0.1) is 6.10 Å². The molecule has 0 bridgehead atoms. The van der Waals surface area contributed by atoms with Gasteiger partial charge in [0.25, 0.3) is 0 Å². The van der Waals surface area contributed by atoms with E-state index in [1.807, 2.05) is 0 Å². The van der Waals surface area contributed by atoms with Gasteiger partial charge < -0.3 is 0 Å². The van der Waals surface area contributed by atoms with Crippen LogP contribution in [-0.2, 0) is 4.84 Å². The highest BCUT2D eigenvalue weighted by atomic mass is 35.5. The Kier molecular flexibility index (Phi) is 3.72. The summed E-state index contributed by atoms with van der Waals surface area (Å²) in [6.07, 6.45) is 7.57. The second-order valence-corrected chi connectivity index (χ2v) is 4.46. The monoisotopic (exact) mass is 249 g/mol. The predicted octanol–water partition coefficient (Wildman–Crippen LogP) is 2.70. The minimum Gasteiger partial charge on any atom is -0.246 e. The van der Waals surface area contributed by atoms with Crippen LogP contribution in [0, 0.1) is 0 Å². The van der Waals surface area contributed by atoms with E-state index in [0.717, 1.165) is 12.8 Å². The molecule has 84 valence electrons. The molecule has 1 fully saturated rings. The van der Waals surface area contributed by atoms with E-state index in [0.29, 0.717) is 10.3 Å². The maximum Gasteiger partial charge on any atom is 0.156 e. The lowest BCUT2D eigenvalue weighted by atomic mass is 9.98. The van der Waals surface area contributed by atoms with Crippen molar-refractivity contribution < 1.29 is 4.84 Å². The van der Waals surface area contributed by atoms with Gasteiger partial charge in [0.15, 0.2) is 5.17 Å². The van der Waals surface area contributed by atoms with Gasteiger partial charge in [0, 0.05) is 6.08 Å². The topological polar surface area (TPSA) is 36.9 Å². The van der Waals surface area contributed by atoms with Gasteiger partial charge in [-0.3, -0.25) is 0 Å². The van der Waals surface area contributed by atoms with Crippen molar-refractivity contribution >= 4 is 28.4 Å². The summed E-state index contributed by atoms with van der Waals surface area (Å²) >= 11 is 11.5. The minimum absolute atomic E-state index is 0.210. The van der Waals surface area contributed by atoms with E-state index in [9.17, 15) is 0 Å². The lowest BCUT2D eigenvalue weighted by molar-refractivity contribution is -0.230. The predicted molar refractivity (Wildman–Crippen MR) is 60.2 cm³/mol. The molecule has 0 aromatic carbocycles. The molecule has 0 aromatic rings. The Hall–Kier alpha value is -0.450. The van der Waals surface area contributed by atoms with Crippen LogP contribution < -0.4 is 5.43 Å². The van der Waals surface area contributed by atoms with Crippen molar-refractivity contribution in [2.75, 3.05) is 0 Å². The molecule has 0 spiro atoms. The lowest BCUT2D eigenvalue weighted by Crippen LogP contribution is -2.38. The molecule has 1 aliphatic heterocycles. The maximum absolute atomic E-state index is 5.79. The molecular weight excluding hydrogens is 237 g/mol. The van der Waals surface area contributed by atoms with Crippen LogP contribution in [-0.4, -0.2) is 16.6 Å². The van der Waals surface area contributed by atoms with Gasteiger partial charge >= 0.3 is 0 Å². The van der Waals surface area contributed by atoms with Crippen LogP contribution in [0.15, 0.2) is 16.3 Å². The first-order valence-electron chi connectivity index (χ1n) is 5.09. The number of hydrazone groups is 1. The third-order valence-corrected chi connectivity index (χ3v) is 2.81. The number of rotatable bonds is 2. The molecule has 1 heterocycles. The van der Waals surface area contributed by atoms with Crippen molar-refractivity contribution in [3.8, 4) is 0 Å². The quantitative estimate of drug-likeness (QED) is 0.765. The van der Waals surface area contributed by atoms with Crippen molar-refractivity contribution in [2.45, 2.75) is 38.2 Å². The second-order valence-electron chi connectivity index (χ2n) is 3.67. The van der Waals surface area contributed by atoms with Crippen molar-refractivity contribution in [3.05, 3.63) is 11.2 Å². The van der Waals surface area contributed by atoms with E-state index < -0.39 is 0 Å². The fourth-order valence-electron chi connectivity index (χ4n) is 1.73. The molecular formula is C9H13Cl2N3O. The van der Waals surface area contributed by atoms with E-state index >= 15 is 0 Å². The van der Waals surface area contributed by atoms with Gasteiger partial charge in [-0.2, -0.15) is 0 Å². The number of hydrogen-bond donors (Lipinski definition) is 1. The summed E-state index contributed by atoms with van der Waals surface area (Å²) < 4.78 is 0. The van der Waals surface area contributed by atoms with Crippen molar-refractivity contribution in [3.63, 3.8) is 0 Å². The molecule has 0 amide bonds. The van der Waals surface area contributed by atoms with Crippen LogP contribution in [0.1, 0.15) is 32.1 Å². The molecule has 1 N–H and O–H groups in total. The van der Waals surface area contributed by atoms with Gasteiger partial charge in [-0.25, -0.2) is 10.3 Å². The molecule has 2 aliphatic rings. The molecule has 1 saturated carbocycles. The van der Waals surface area contributed by atoms with Crippen LogP contribution in [0.4, 0.5) is 0 Å². The molecule has 1 aliphatic carbocycles. The zero-order valence-corrected chi connectivity index (χ0v) is 9.76. The summed E-state index contributed by atoms with van der Waals surface area (Å²) in [7, 11) is 0. The number of nitrogens with zero attached hydrogens (tertiary/aromatic N) is 2. The highest BCUT2D eigenvalue weighted by Gasteiger charge is 2.19.